The van der Waals surface area contributed by atoms with Gasteiger partial charge in [-0.1, -0.05) is 46.0 Å². The average molecular weight is 290 g/mol. The normalized spacial score (nSPS) is 40.7. The molecule has 0 aliphatic heterocycles. The van der Waals surface area contributed by atoms with Crippen molar-refractivity contribution >= 4 is 5.78 Å². The molecule has 2 unspecified atom stereocenters. The summed E-state index contributed by atoms with van der Waals surface area (Å²) in [7, 11) is 0. The van der Waals surface area contributed by atoms with Gasteiger partial charge in [0.25, 0.3) is 0 Å². The third-order valence-electron chi connectivity index (χ3n) is 6.70. The number of hydrogen-bond acceptors (Lipinski definition) is 1. The molecular weight excluding hydrogens is 256 g/mol. The molecule has 0 amide bonds. The lowest BCUT2D eigenvalue weighted by Gasteiger charge is -2.60. The molecule has 120 valence electrons. The molecule has 0 spiro atoms. The van der Waals surface area contributed by atoms with Gasteiger partial charge in [-0.15, -0.1) is 0 Å². The van der Waals surface area contributed by atoms with Crippen LogP contribution in [0.3, 0.4) is 0 Å². The maximum absolute atomic E-state index is 12.9. The zero-order valence-corrected chi connectivity index (χ0v) is 14.3. The number of rotatable bonds is 8. The van der Waals surface area contributed by atoms with Crippen LogP contribution >= 0.6 is 0 Å². The Kier molecular flexibility index (Phi) is 4.48. The van der Waals surface area contributed by atoms with Crippen molar-refractivity contribution < 1.29 is 4.79 Å². The van der Waals surface area contributed by atoms with Crippen molar-refractivity contribution in [1.82, 2.24) is 0 Å². The van der Waals surface area contributed by atoms with Crippen LogP contribution in [0.15, 0.2) is 0 Å². The van der Waals surface area contributed by atoms with Gasteiger partial charge in [0.2, 0.25) is 0 Å². The molecule has 0 saturated heterocycles. The first kappa shape index (κ1) is 15.6. The highest BCUT2D eigenvalue weighted by atomic mass is 16.1. The topological polar surface area (TPSA) is 17.1 Å². The minimum atomic E-state index is 0.127. The van der Waals surface area contributed by atoms with Gasteiger partial charge in [0.15, 0.2) is 0 Å². The minimum Gasteiger partial charge on any atom is -0.299 e. The van der Waals surface area contributed by atoms with E-state index in [1.165, 1.54) is 70.6 Å². The predicted octanol–water partition coefficient (Wildman–Crippen LogP) is 5.91. The lowest BCUT2D eigenvalue weighted by molar-refractivity contribution is -0.153. The Morgan fingerprint density at radius 3 is 2.19 bits per heavy atom. The van der Waals surface area contributed by atoms with Crippen molar-refractivity contribution in [2.75, 3.05) is 0 Å². The van der Waals surface area contributed by atoms with Crippen molar-refractivity contribution in [1.29, 1.82) is 0 Å². The zero-order chi connectivity index (χ0) is 14.9. The largest absolute Gasteiger partial charge is 0.299 e. The summed E-state index contributed by atoms with van der Waals surface area (Å²) in [6.07, 6.45) is 16.6. The molecule has 4 aliphatic carbocycles. The Morgan fingerprint density at radius 1 is 0.952 bits per heavy atom. The second-order valence-corrected chi connectivity index (χ2v) is 8.99. The molecule has 1 heteroatoms. The summed E-state index contributed by atoms with van der Waals surface area (Å²) < 4.78 is 0. The minimum absolute atomic E-state index is 0.127. The van der Waals surface area contributed by atoms with Crippen molar-refractivity contribution in [3.8, 4) is 0 Å². The number of ketones is 1. The van der Waals surface area contributed by atoms with Gasteiger partial charge in [-0.3, -0.25) is 4.79 Å². The van der Waals surface area contributed by atoms with E-state index in [0.29, 0.717) is 11.2 Å². The van der Waals surface area contributed by atoms with Gasteiger partial charge in [0.05, 0.1) is 0 Å². The first-order chi connectivity index (χ1) is 10.1. The summed E-state index contributed by atoms with van der Waals surface area (Å²) in [5.74, 6) is 2.41. The van der Waals surface area contributed by atoms with E-state index < -0.39 is 0 Å². The van der Waals surface area contributed by atoms with Crippen LogP contribution in [0.2, 0.25) is 0 Å². The third kappa shape index (κ3) is 3.22. The Hall–Kier alpha value is -0.330. The molecule has 2 atom stereocenters. The summed E-state index contributed by atoms with van der Waals surface area (Å²) >= 11 is 0. The van der Waals surface area contributed by atoms with Gasteiger partial charge >= 0.3 is 0 Å². The summed E-state index contributed by atoms with van der Waals surface area (Å²) in [5.41, 5.74) is 0.642. The quantitative estimate of drug-likeness (QED) is 0.508. The van der Waals surface area contributed by atoms with E-state index in [1.807, 2.05) is 0 Å². The fourth-order valence-corrected chi connectivity index (χ4v) is 6.38. The molecule has 4 fully saturated rings. The second-order valence-electron chi connectivity index (χ2n) is 8.99. The van der Waals surface area contributed by atoms with E-state index in [-0.39, 0.29) is 5.41 Å². The standard InChI is InChI=1S/C20H34O/c1-3-4-5-6-7-8-9-18(21)20-13-16-10-17(14-20)12-19(2,11-16)15-20/h16-17H,3-15H2,1-2H3. The van der Waals surface area contributed by atoms with Gasteiger partial charge in [-0.05, 0) is 62.2 Å². The van der Waals surface area contributed by atoms with Gasteiger partial charge in [0.1, 0.15) is 5.78 Å². The fraction of sp³-hybridized carbons (Fsp3) is 0.950. The van der Waals surface area contributed by atoms with Crippen LogP contribution in [-0.2, 0) is 4.79 Å². The first-order valence-corrected chi connectivity index (χ1v) is 9.59. The van der Waals surface area contributed by atoms with E-state index >= 15 is 0 Å². The van der Waals surface area contributed by atoms with Crippen LogP contribution in [0, 0.1) is 22.7 Å². The third-order valence-corrected chi connectivity index (χ3v) is 6.70. The van der Waals surface area contributed by atoms with E-state index in [0.717, 1.165) is 24.7 Å². The smallest absolute Gasteiger partial charge is 0.139 e. The molecular formula is C20H34O. The van der Waals surface area contributed by atoms with Crippen molar-refractivity contribution in [3.63, 3.8) is 0 Å². The number of carbonyl (C=O) groups is 1. The summed E-state index contributed by atoms with van der Waals surface area (Å²) in [6, 6.07) is 0. The molecule has 0 heterocycles. The number of unbranched alkanes of at least 4 members (excludes halogenated alkanes) is 5. The Bertz CT molecular complexity index is 369. The average Bonchev–Trinajstić information content (AvgIpc) is 2.39. The highest BCUT2D eigenvalue weighted by molar-refractivity contribution is 5.85. The van der Waals surface area contributed by atoms with E-state index in [2.05, 4.69) is 13.8 Å². The number of hydrogen-bond donors (Lipinski definition) is 0. The van der Waals surface area contributed by atoms with Gasteiger partial charge in [-0.25, -0.2) is 0 Å². The highest BCUT2D eigenvalue weighted by Crippen LogP contribution is 2.65. The first-order valence-electron chi connectivity index (χ1n) is 9.59. The van der Waals surface area contributed by atoms with Crippen LogP contribution in [0.5, 0.6) is 0 Å². The molecule has 0 aromatic rings. The maximum atomic E-state index is 12.9. The van der Waals surface area contributed by atoms with Crippen molar-refractivity contribution in [2.45, 2.75) is 97.3 Å². The van der Waals surface area contributed by atoms with Gasteiger partial charge < -0.3 is 0 Å². The molecule has 4 rings (SSSR count). The zero-order valence-electron chi connectivity index (χ0n) is 14.3. The fourth-order valence-electron chi connectivity index (χ4n) is 6.38. The summed E-state index contributed by atoms with van der Waals surface area (Å²) in [5, 5.41) is 0. The lowest BCUT2D eigenvalue weighted by atomic mass is 9.43. The predicted molar refractivity (Wildman–Crippen MR) is 88.2 cm³/mol. The summed E-state index contributed by atoms with van der Waals surface area (Å²) in [4.78, 5) is 12.9. The molecule has 0 aromatic carbocycles. The SMILES string of the molecule is CCCCCCCCC(=O)C12CC3CC(CC(C)(C3)C1)C2. The van der Waals surface area contributed by atoms with Gasteiger partial charge in [0, 0.05) is 11.8 Å². The Labute approximate surface area is 131 Å². The molecule has 4 aliphatic rings. The van der Waals surface area contributed by atoms with E-state index in [1.54, 1.807) is 0 Å². The Morgan fingerprint density at radius 2 is 1.57 bits per heavy atom. The highest BCUT2D eigenvalue weighted by Gasteiger charge is 2.58. The van der Waals surface area contributed by atoms with Crippen molar-refractivity contribution in [3.05, 3.63) is 0 Å². The van der Waals surface area contributed by atoms with Crippen LogP contribution < -0.4 is 0 Å². The van der Waals surface area contributed by atoms with Crippen LogP contribution in [0.4, 0.5) is 0 Å². The van der Waals surface area contributed by atoms with E-state index in [9.17, 15) is 4.79 Å². The molecule has 0 N–H and O–H groups in total. The molecule has 4 bridgehead atoms. The maximum Gasteiger partial charge on any atom is 0.139 e. The van der Waals surface area contributed by atoms with Crippen molar-refractivity contribution in [2.24, 2.45) is 22.7 Å². The molecule has 21 heavy (non-hydrogen) atoms. The molecule has 1 nitrogen and oxygen atoms in total. The monoisotopic (exact) mass is 290 g/mol. The van der Waals surface area contributed by atoms with Crippen LogP contribution in [0.25, 0.3) is 0 Å². The number of carbonyl (C=O) groups excluding carboxylic acids is 1. The lowest BCUT2D eigenvalue weighted by Crippen LogP contribution is -2.53. The molecule has 0 radical (unpaired) electrons. The Balaban J connectivity index is 1.50. The van der Waals surface area contributed by atoms with Crippen LogP contribution in [-0.4, -0.2) is 5.78 Å². The summed E-state index contributed by atoms with van der Waals surface area (Å²) in [6.45, 7) is 4.73. The van der Waals surface area contributed by atoms with Gasteiger partial charge in [-0.2, -0.15) is 0 Å². The molecule has 4 saturated carbocycles. The molecule has 0 aromatic heterocycles. The van der Waals surface area contributed by atoms with Crippen LogP contribution in [0.1, 0.15) is 97.3 Å². The van der Waals surface area contributed by atoms with E-state index in [4.69, 9.17) is 0 Å². The second kappa shape index (κ2) is 6.05. The number of Topliss-reactive ketones (excluding diaryl/α,β-unsaturated/α-hetero) is 1.